The highest BCUT2D eigenvalue weighted by atomic mass is 35.5. The summed E-state index contributed by atoms with van der Waals surface area (Å²) in [6, 6.07) is 13.1. The van der Waals surface area contributed by atoms with Crippen LogP contribution in [0.3, 0.4) is 0 Å². The standard InChI is InChI=1S/C28H30ClN5O4/c1-31(12-10-22-23(16-35)30-34(27(22)29)14-19-6-4-3-5-7-19)24-17-38-25-9-8-20-15-33(18-36)13-11-21(20)26(25)32(2)28(24)37/h3-9,16,18,24H,10-15,17H2,1-2H3. The molecule has 198 valence electrons. The molecule has 2 aliphatic rings. The van der Waals surface area contributed by atoms with Gasteiger partial charge in [-0.15, -0.1) is 0 Å². The van der Waals surface area contributed by atoms with E-state index < -0.39 is 6.04 Å². The van der Waals surface area contributed by atoms with E-state index in [1.165, 1.54) is 0 Å². The number of halogens is 1. The van der Waals surface area contributed by atoms with Gasteiger partial charge in [0.05, 0.1) is 12.2 Å². The van der Waals surface area contributed by atoms with Gasteiger partial charge in [0, 0.05) is 32.2 Å². The summed E-state index contributed by atoms with van der Waals surface area (Å²) in [5, 5.41) is 4.83. The second-order valence-corrected chi connectivity index (χ2v) is 10.1. The monoisotopic (exact) mass is 535 g/mol. The Labute approximate surface area is 226 Å². The highest BCUT2D eigenvalue weighted by molar-refractivity contribution is 6.30. The summed E-state index contributed by atoms with van der Waals surface area (Å²) in [7, 11) is 3.65. The van der Waals surface area contributed by atoms with Crippen LogP contribution >= 0.6 is 11.6 Å². The van der Waals surface area contributed by atoms with E-state index in [9.17, 15) is 14.4 Å². The second-order valence-electron chi connectivity index (χ2n) is 9.75. The van der Waals surface area contributed by atoms with Crippen molar-refractivity contribution in [3.63, 3.8) is 0 Å². The van der Waals surface area contributed by atoms with Crippen molar-refractivity contribution >= 4 is 35.9 Å². The number of nitrogens with zero attached hydrogens (tertiary/aromatic N) is 5. The van der Waals surface area contributed by atoms with Crippen LogP contribution in [0.2, 0.25) is 5.15 Å². The molecule has 3 heterocycles. The summed E-state index contributed by atoms with van der Waals surface area (Å²) in [5.74, 6) is 0.600. The molecule has 2 aromatic carbocycles. The number of carbonyl (C=O) groups is 3. The number of amides is 2. The highest BCUT2D eigenvalue weighted by Crippen LogP contribution is 2.39. The van der Waals surface area contributed by atoms with Crippen molar-refractivity contribution in [3.05, 3.63) is 75.6 Å². The molecule has 0 saturated carbocycles. The third-order valence-electron chi connectivity index (χ3n) is 7.41. The van der Waals surface area contributed by atoms with Crippen LogP contribution < -0.4 is 9.64 Å². The molecule has 9 nitrogen and oxygen atoms in total. The van der Waals surface area contributed by atoms with Gasteiger partial charge in [0.25, 0.3) is 0 Å². The third-order valence-corrected chi connectivity index (χ3v) is 7.83. The zero-order chi connectivity index (χ0) is 26.8. The minimum Gasteiger partial charge on any atom is -0.489 e. The van der Waals surface area contributed by atoms with E-state index in [0.29, 0.717) is 61.2 Å². The molecule has 2 amide bonds. The van der Waals surface area contributed by atoms with Gasteiger partial charge in [-0.3, -0.25) is 19.3 Å². The normalized spacial score (nSPS) is 17.1. The second kappa shape index (κ2) is 11.0. The number of hydrogen-bond acceptors (Lipinski definition) is 6. The van der Waals surface area contributed by atoms with Crippen molar-refractivity contribution in [2.24, 2.45) is 0 Å². The minimum absolute atomic E-state index is 0.0704. The molecule has 0 saturated heterocycles. The maximum Gasteiger partial charge on any atom is 0.247 e. The summed E-state index contributed by atoms with van der Waals surface area (Å²) in [4.78, 5) is 42.0. The molecular weight excluding hydrogens is 506 g/mol. The number of anilines is 1. The summed E-state index contributed by atoms with van der Waals surface area (Å²) in [5.41, 5.74) is 4.86. The molecule has 3 aromatic rings. The summed E-state index contributed by atoms with van der Waals surface area (Å²) >= 11 is 6.65. The lowest BCUT2D eigenvalue weighted by Gasteiger charge is -2.31. The lowest BCUT2D eigenvalue weighted by atomic mass is 9.96. The van der Waals surface area contributed by atoms with E-state index in [0.717, 1.165) is 35.1 Å². The molecule has 0 fully saturated rings. The molecule has 1 aromatic heterocycles. The molecule has 0 bridgehead atoms. The van der Waals surface area contributed by atoms with Crippen LogP contribution in [0.25, 0.3) is 0 Å². The predicted octanol–water partition coefficient (Wildman–Crippen LogP) is 2.81. The van der Waals surface area contributed by atoms with Crippen molar-refractivity contribution in [1.29, 1.82) is 0 Å². The Morgan fingerprint density at radius 2 is 1.97 bits per heavy atom. The molecule has 1 unspecified atom stereocenters. The first-order valence-electron chi connectivity index (χ1n) is 12.6. The Morgan fingerprint density at radius 1 is 1.18 bits per heavy atom. The van der Waals surface area contributed by atoms with Gasteiger partial charge < -0.3 is 14.5 Å². The number of ether oxygens (including phenoxy) is 1. The summed E-state index contributed by atoms with van der Waals surface area (Å²) in [6.45, 7) is 2.27. The first-order valence-corrected chi connectivity index (χ1v) is 13.0. The molecule has 10 heteroatoms. The van der Waals surface area contributed by atoms with Gasteiger partial charge in [-0.25, -0.2) is 4.68 Å². The van der Waals surface area contributed by atoms with Crippen LogP contribution in [0.5, 0.6) is 5.75 Å². The average molecular weight is 536 g/mol. The van der Waals surface area contributed by atoms with E-state index in [4.69, 9.17) is 16.3 Å². The quantitative estimate of drug-likeness (QED) is 0.412. The Hall–Kier alpha value is -3.69. The van der Waals surface area contributed by atoms with Crippen molar-refractivity contribution in [3.8, 4) is 5.75 Å². The first kappa shape index (κ1) is 25.9. The molecule has 2 aliphatic heterocycles. The number of aldehydes is 1. The van der Waals surface area contributed by atoms with Gasteiger partial charge in [0.1, 0.15) is 29.2 Å². The van der Waals surface area contributed by atoms with E-state index in [2.05, 4.69) is 5.10 Å². The number of likely N-dealkylation sites (N-methyl/N-ethyl adjacent to an activating group) is 2. The lowest BCUT2D eigenvalue weighted by molar-refractivity contribution is -0.123. The topological polar surface area (TPSA) is 88.0 Å². The molecule has 0 spiro atoms. The Morgan fingerprint density at radius 3 is 2.71 bits per heavy atom. The maximum atomic E-state index is 13.6. The fraction of sp³-hybridized carbons (Fsp3) is 0.357. The number of rotatable bonds is 8. The predicted molar refractivity (Wildman–Crippen MR) is 144 cm³/mol. The Balaban J connectivity index is 1.31. The number of hydrogen-bond donors (Lipinski definition) is 0. The summed E-state index contributed by atoms with van der Waals surface area (Å²) in [6.07, 6.45) is 2.70. The fourth-order valence-electron chi connectivity index (χ4n) is 5.23. The van der Waals surface area contributed by atoms with Crippen molar-refractivity contribution in [1.82, 2.24) is 19.6 Å². The van der Waals surface area contributed by atoms with Crippen LogP contribution in [0.4, 0.5) is 5.69 Å². The van der Waals surface area contributed by atoms with E-state index in [-0.39, 0.29) is 12.5 Å². The zero-order valence-corrected chi connectivity index (χ0v) is 22.2. The molecule has 0 radical (unpaired) electrons. The summed E-state index contributed by atoms with van der Waals surface area (Å²) < 4.78 is 7.78. The van der Waals surface area contributed by atoms with Crippen LogP contribution in [0.15, 0.2) is 42.5 Å². The van der Waals surface area contributed by atoms with E-state index in [1.807, 2.05) is 54.4 Å². The third kappa shape index (κ3) is 4.91. The number of benzene rings is 2. The minimum atomic E-state index is -0.518. The van der Waals surface area contributed by atoms with Gasteiger partial charge in [-0.1, -0.05) is 48.0 Å². The van der Waals surface area contributed by atoms with Crippen molar-refractivity contribution in [2.45, 2.75) is 32.0 Å². The smallest absolute Gasteiger partial charge is 0.247 e. The Bertz CT molecular complexity index is 1360. The zero-order valence-electron chi connectivity index (χ0n) is 21.5. The van der Waals surface area contributed by atoms with Crippen LogP contribution in [0.1, 0.15) is 32.7 Å². The largest absolute Gasteiger partial charge is 0.489 e. The molecule has 38 heavy (non-hydrogen) atoms. The van der Waals surface area contributed by atoms with Gasteiger partial charge in [-0.05, 0) is 42.6 Å². The molecule has 5 rings (SSSR count). The van der Waals surface area contributed by atoms with Crippen LogP contribution in [-0.4, -0.2) is 78.0 Å². The average Bonchev–Trinajstić information content (AvgIpc) is 3.17. The first-order chi connectivity index (χ1) is 18.4. The van der Waals surface area contributed by atoms with E-state index >= 15 is 0 Å². The van der Waals surface area contributed by atoms with Crippen molar-refractivity contribution < 1.29 is 19.1 Å². The molecule has 0 N–H and O–H groups in total. The maximum absolute atomic E-state index is 13.6. The SMILES string of the molecule is CN1C(=O)C(N(C)CCc2c(C=O)nn(Cc3ccccc3)c2Cl)COc2ccc3c(c21)CCN(C=O)C3. The van der Waals surface area contributed by atoms with Gasteiger partial charge in [-0.2, -0.15) is 5.10 Å². The highest BCUT2D eigenvalue weighted by Gasteiger charge is 2.35. The number of aromatic nitrogens is 2. The molecule has 1 atom stereocenters. The van der Waals surface area contributed by atoms with Gasteiger partial charge in [0.15, 0.2) is 6.29 Å². The number of carbonyl (C=O) groups excluding carboxylic acids is 3. The molecular formula is C28H30ClN5O4. The fourth-order valence-corrected chi connectivity index (χ4v) is 5.52. The van der Waals surface area contributed by atoms with Crippen LogP contribution in [0, 0.1) is 0 Å². The van der Waals surface area contributed by atoms with Crippen molar-refractivity contribution in [2.75, 3.05) is 38.7 Å². The number of fused-ring (bicyclic) bond motifs is 3. The van der Waals surface area contributed by atoms with Gasteiger partial charge >= 0.3 is 0 Å². The van der Waals surface area contributed by atoms with Crippen LogP contribution in [-0.2, 0) is 35.5 Å². The van der Waals surface area contributed by atoms with Gasteiger partial charge in [0.2, 0.25) is 12.3 Å². The molecule has 0 aliphatic carbocycles. The Kier molecular flexibility index (Phi) is 7.49. The lowest BCUT2D eigenvalue weighted by Crippen LogP contribution is -2.48. The van der Waals surface area contributed by atoms with E-state index in [1.54, 1.807) is 21.5 Å².